The van der Waals surface area contributed by atoms with Crippen molar-refractivity contribution in [1.82, 2.24) is 14.9 Å². The highest BCUT2D eigenvalue weighted by atomic mass is 35.5. The number of thioether (sulfide) groups is 1. The van der Waals surface area contributed by atoms with Crippen LogP contribution in [0.3, 0.4) is 0 Å². The molecule has 0 fully saturated rings. The van der Waals surface area contributed by atoms with Crippen molar-refractivity contribution in [2.75, 3.05) is 5.75 Å². The molecule has 3 aromatic rings. The van der Waals surface area contributed by atoms with Crippen molar-refractivity contribution in [3.05, 3.63) is 64.7 Å². The number of halogens is 1. The van der Waals surface area contributed by atoms with Crippen LogP contribution in [0.1, 0.15) is 11.1 Å². The standard InChI is InChI=1S/C17H13ClN4S/c1-11-5-7-12(8-6-11)15-10-23-17-20-19-16(22(17)21-15)13-3-2-4-14(18)9-13/h2-9H,10H2,1H3. The minimum atomic E-state index is 0.672. The molecular weight excluding hydrogens is 328 g/mol. The summed E-state index contributed by atoms with van der Waals surface area (Å²) in [5.41, 5.74) is 4.29. The number of rotatable bonds is 2. The van der Waals surface area contributed by atoms with E-state index in [1.807, 2.05) is 24.3 Å². The Morgan fingerprint density at radius 3 is 2.65 bits per heavy atom. The number of aryl methyl sites for hydroxylation is 1. The molecule has 0 saturated heterocycles. The molecule has 1 aliphatic rings. The van der Waals surface area contributed by atoms with E-state index < -0.39 is 0 Å². The van der Waals surface area contributed by atoms with Gasteiger partial charge in [-0.15, -0.1) is 10.2 Å². The highest BCUT2D eigenvalue weighted by Crippen LogP contribution is 2.29. The third kappa shape index (κ3) is 2.78. The molecule has 2 heterocycles. The number of nitrogens with zero attached hydrogens (tertiary/aromatic N) is 4. The van der Waals surface area contributed by atoms with E-state index in [4.69, 9.17) is 16.7 Å². The van der Waals surface area contributed by atoms with E-state index >= 15 is 0 Å². The van der Waals surface area contributed by atoms with E-state index in [-0.39, 0.29) is 0 Å². The Labute approximate surface area is 143 Å². The first kappa shape index (κ1) is 14.5. The Bertz CT molecular complexity index is 899. The average molecular weight is 341 g/mol. The molecule has 0 aliphatic carbocycles. The van der Waals surface area contributed by atoms with Gasteiger partial charge in [0.05, 0.1) is 5.71 Å². The Morgan fingerprint density at radius 2 is 1.87 bits per heavy atom. The molecule has 0 unspecified atom stereocenters. The van der Waals surface area contributed by atoms with E-state index in [9.17, 15) is 0 Å². The molecule has 114 valence electrons. The van der Waals surface area contributed by atoms with Crippen LogP contribution < -0.4 is 0 Å². The molecule has 0 radical (unpaired) electrons. The monoisotopic (exact) mass is 340 g/mol. The van der Waals surface area contributed by atoms with Crippen molar-refractivity contribution < 1.29 is 0 Å². The highest BCUT2D eigenvalue weighted by Gasteiger charge is 2.20. The van der Waals surface area contributed by atoms with Gasteiger partial charge >= 0.3 is 0 Å². The second-order valence-electron chi connectivity index (χ2n) is 5.33. The van der Waals surface area contributed by atoms with Gasteiger partial charge in [-0.2, -0.15) is 9.78 Å². The van der Waals surface area contributed by atoms with Crippen LogP contribution in [-0.4, -0.2) is 26.3 Å². The summed E-state index contributed by atoms with van der Waals surface area (Å²) < 4.78 is 1.80. The lowest BCUT2D eigenvalue weighted by Crippen LogP contribution is -2.13. The fraction of sp³-hybridized carbons (Fsp3) is 0.118. The number of hydrogen-bond acceptors (Lipinski definition) is 4. The number of fused-ring (bicyclic) bond motifs is 1. The van der Waals surface area contributed by atoms with Gasteiger partial charge in [-0.25, -0.2) is 0 Å². The molecule has 1 aliphatic heterocycles. The molecule has 1 aromatic heterocycles. The van der Waals surface area contributed by atoms with Crippen molar-refractivity contribution in [3.63, 3.8) is 0 Å². The van der Waals surface area contributed by atoms with Crippen LogP contribution >= 0.6 is 23.4 Å². The lowest BCUT2D eigenvalue weighted by molar-refractivity contribution is 0.762. The number of hydrogen-bond donors (Lipinski definition) is 0. The van der Waals surface area contributed by atoms with E-state index in [0.717, 1.165) is 27.7 Å². The maximum absolute atomic E-state index is 6.09. The van der Waals surface area contributed by atoms with Crippen LogP contribution in [-0.2, 0) is 0 Å². The Kier molecular flexibility index (Phi) is 3.67. The molecule has 0 saturated carbocycles. The van der Waals surface area contributed by atoms with Gasteiger partial charge in [-0.1, -0.05) is 65.3 Å². The molecule has 0 atom stereocenters. The van der Waals surface area contributed by atoms with Crippen LogP contribution in [0.25, 0.3) is 11.4 Å². The summed E-state index contributed by atoms with van der Waals surface area (Å²) in [5.74, 6) is 1.50. The van der Waals surface area contributed by atoms with Crippen LogP contribution in [0, 0.1) is 6.92 Å². The average Bonchev–Trinajstić information content (AvgIpc) is 2.98. The third-order valence-corrected chi connectivity index (χ3v) is 4.80. The molecule has 6 heteroatoms. The predicted molar refractivity (Wildman–Crippen MR) is 94.3 cm³/mol. The topological polar surface area (TPSA) is 43.1 Å². The predicted octanol–water partition coefficient (Wildman–Crippen LogP) is 4.27. The summed E-state index contributed by atoms with van der Waals surface area (Å²) in [5, 5.41) is 14.7. The fourth-order valence-corrected chi connectivity index (χ4v) is 3.45. The van der Waals surface area contributed by atoms with E-state index in [2.05, 4.69) is 41.4 Å². The van der Waals surface area contributed by atoms with Gasteiger partial charge < -0.3 is 0 Å². The second-order valence-corrected chi connectivity index (χ2v) is 6.71. The molecule has 0 N–H and O–H groups in total. The van der Waals surface area contributed by atoms with Crippen molar-refractivity contribution in [3.8, 4) is 11.4 Å². The van der Waals surface area contributed by atoms with Crippen molar-refractivity contribution >= 4 is 29.1 Å². The maximum atomic E-state index is 6.09. The Hall–Kier alpha value is -2.11. The third-order valence-electron chi connectivity index (χ3n) is 3.64. The van der Waals surface area contributed by atoms with Gasteiger partial charge in [0.25, 0.3) is 0 Å². The summed E-state index contributed by atoms with van der Waals surface area (Å²) in [6.07, 6.45) is 0. The minimum absolute atomic E-state index is 0.672. The highest BCUT2D eigenvalue weighted by molar-refractivity contribution is 7.99. The molecule has 0 amide bonds. The largest absolute Gasteiger partial charge is 0.212 e. The van der Waals surface area contributed by atoms with Crippen LogP contribution in [0.5, 0.6) is 0 Å². The van der Waals surface area contributed by atoms with Crippen molar-refractivity contribution in [2.45, 2.75) is 12.1 Å². The first-order valence-electron chi connectivity index (χ1n) is 7.20. The smallest absolute Gasteiger partial charge is 0.187 e. The summed E-state index contributed by atoms with van der Waals surface area (Å²) in [6.45, 7) is 2.08. The second kappa shape index (κ2) is 5.83. The molecule has 2 aromatic carbocycles. The van der Waals surface area contributed by atoms with Crippen molar-refractivity contribution in [1.29, 1.82) is 0 Å². The molecule has 4 nitrogen and oxygen atoms in total. The zero-order valence-electron chi connectivity index (χ0n) is 12.4. The Balaban J connectivity index is 1.79. The van der Waals surface area contributed by atoms with E-state index in [0.29, 0.717) is 10.8 Å². The first-order chi connectivity index (χ1) is 11.2. The van der Waals surface area contributed by atoms with Gasteiger partial charge in [-0.3, -0.25) is 0 Å². The maximum Gasteiger partial charge on any atom is 0.212 e. The summed E-state index contributed by atoms with van der Waals surface area (Å²) >= 11 is 7.73. The first-order valence-corrected chi connectivity index (χ1v) is 8.56. The molecule has 23 heavy (non-hydrogen) atoms. The minimum Gasteiger partial charge on any atom is -0.187 e. The normalized spacial score (nSPS) is 13.6. The van der Waals surface area contributed by atoms with E-state index in [1.54, 1.807) is 16.4 Å². The van der Waals surface area contributed by atoms with Crippen LogP contribution in [0.4, 0.5) is 0 Å². The van der Waals surface area contributed by atoms with Crippen LogP contribution in [0.2, 0.25) is 5.02 Å². The zero-order valence-corrected chi connectivity index (χ0v) is 14.0. The van der Waals surface area contributed by atoms with Crippen LogP contribution in [0.15, 0.2) is 58.8 Å². The van der Waals surface area contributed by atoms with Gasteiger partial charge in [0.15, 0.2) is 5.82 Å². The lowest BCUT2D eigenvalue weighted by atomic mass is 10.1. The number of benzene rings is 2. The Morgan fingerprint density at radius 1 is 1.04 bits per heavy atom. The summed E-state index contributed by atoms with van der Waals surface area (Å²) in [6, 6.07) is 16.0. The van der Waals surface area contributed by atoms with Gasteiger partial charge in [0.2, 0.25) is 5.16 Å². The summed E-state index contributed by atoms with van der Waals surface area (Å²) in [7, 11) is 0. The van der Waals surface area contributed by atoms with Crippen molar-refractivity contribution in [2.24, 2.45) is 5.10 Å². The fourth-order valence-electron chi connectivity index (χ4n) is 2.42. The summed E-state index contributed by atoms with van der Waals surface area (Å²) in [4.78, 5) is 0. The van der Waals surface area contributed by atoms with Gasteiger partial charge in [0.1, 0.15) is 0 Å². The SMILES string of the molecule is Cc1ccc(C2=Nn3c(nnc3-c3cccc(Cl)c3)SC2)cc1. The zero-order chi connectivity index (χ0) is 15.8. The molecule has 4 rings (SSSR count). The molecule has 0 bridgehead atoms. The van der Waals surface area contributed by atoms with E-state index in [1.165, 1.54) is 5.56 Å². The number of aromatic nitrogens is 3. The van der Waals surface area contributed by atoms with Gasteiger partial charge in [-0.05, 0) is 24.6 Å². The molecular formula is C17H13ClN4S. The molecule has 0 spiro atoms. The van der Waals surface area contributed by atoms with Gasteiger partial charge in [0, 0.05) is 16.3 Å². The lowest BCUT2D eigenvalue weighted by Gasteiger charge is -2.14. The quantitative estimate of drug-likeness (QED) is 0.700.